The Labute approximate surface area is 80.9 Å². The van der Waals surface area contributed by atoms with Crippen molar-refractivity contribution < 1.29 is 14.5 Å². The average molecular weight is 197 g/mol. The minimum Gasteiger partial charge on any atom is -0.497 e. The van der Waals surface area contributed by atoms with E-state index in [1.165, 1.54) is 12.3 Å². The van der Waals surface area contributed by atoms with Crippen LogP contribution in [0.2, 0.25) is 0 Å². The van der Waals surface area contributed by atoms with Gasteiger partial charge in [-0.05, 0) is 6.42 Å². The number of carbonyl (C=O) groups excluding carboxylic acids is 1. The van der Waals surface area contributed by atoms with Crippen LogP contribution in [0.1, 0.15) is 19.3 Å². The lowest BCUT2D eigenvalue weighted by Gasteiger charge is -2.32. The van der Waals surface area contributed by atoms with E-state index in [0.717, 1.165) is 0 Å². The molecule has 1 fully saturated rings. The van der Waals surface area contributed by atoms with Crippen LogP contribution >= 0.6 is 0 Å². The Balaban J connectivity index is 2.10. The molecule has 0 spiro atoms. The summed E-state index contributed by atoms with van der Waals surface area (Å²) in [6.45, 7) is 0. The first-order valence-electron chi connectivity index (χ1n) is 4.68. The van der Waals surface area contributed by atoms with Crippen LogP contribution in [-0.4, -0.2) is 22.9 Å². The zero-order valence-electron chi connectivity index (χ0n) is 7.59. The molecule has 3 atom stereocenters. The van der Waals surface area contributed by atoms with Crippen LogP contribution < -0.4 is 0 Å². The van der Waals surface area contributed by atoms with Crippen LogP contribution in [0.25, 0.3) is 0 Å². The number of rotatable bonds is 1. The number of hydrogen-bond donors (Lipinski definition) is 0. The van der Waals surface area contributed by atoms with Crippen LogP contribution in [-0.2, 0) is 9.53 Å². The highest BCUT2D eigenvalue weighted by atomic mass is 16.6. The van der Waals surface area contributed by atoms with Gasteiger partial charge in [-0.25, -0.2) is 0 Å². The van der Waals surface area contributed by atoms with Gasteiger partial charge in [0.05, 0.1) is 12.2 Å². The Morgan fingerprint density at radius 3 is 3.00 bits per heavy atom. The molecule has 0 N–H and O–H groups in total. The standard InChI is InChI=1S/C9H11NO4/c11-8-3-4-14-9-2-1-6(10(12)13)5-7(8)9/h3-4,6-7,9H,1-2,5H2. The van der Waals surface area contributed by atoms with Crippen molar-refractivity contribution in [3.05, 3.63) is 22.5 Å². The second-order valence-corrected chi connectivity index (χ2v) is 3.74. The van der Waals surface area contributed by atoms with Gasteiger partial charge in [0.25, 0.3) is 0 Å². The Morgan fingerprint density at radius 2 is 2.29 bits per heavy atom. The number of ketones is 1. The summed E-state index contributed by atoms with van der Waals surface area (Å²) in [6, 6.07) is -0.574. The molecule has 1 heterocycles. The third kappa shape index (κ3) is 1.49. The molecular formula is C9H11NO4. The lowest BCUT2D eigenvalue weighted by Crippen LogP contribution is -2.41. The van der Waals surface area contributed by atoms with Crippen molar-refractivity contribution in [3.63, 3.8) is 0 Å². The van der Waals surface area contributed by atoms with E-state index in [9.17, 15) is 14.9 Å². The molecule has 0 saturated heterocycles. The van der Waals surface area contributed by atoms with E-state index < -0.39 is 6.04 Å². The minimum atomic E-state index is -0.574. The summed E-state index contributed by atoms with van der Waals surface area (Å²) in [5, 5.41) is 10.6. The number of fused-ring (bicyclic) bond motifs is 1. The number of nitrogens with zero attached hydrogens (tertiary/aromatic N) is 1. The molecule has 0 aromatic carbocycles. The molecule has 14 heavy (non-hydrogen) atoms. The fourth-order valence-corrected chi connectivity index (χ4v) is 2.11. The fraction of sp³-hybridized carbons (Fsp3) is 0.667. The predicted octanol–water partition coefficient (Wildman–Crippen LogP) is 0.913. The molecule has 2 aliphatic rings. The van der Waals surface area contributed by atoms with E-state index in [4.69, 9.17) is 4.74 Å². The molecule has 3 unspecified atom stereocenters. The summed E-state index contributed by atoms with van der Waals surface area (Å²) in [7, 11) is 0. The van der Waals surface area contributed by atoms with Crippen molar-refractivity contribution in [2.45, 2.75) is 31.4 Å². The summed E-state index contributed by atoms with van der Waals surface area (Å²) in [5.41, 5.74) is 0. The van der Waals surface area contributed by atoms with E-state index in [0.29, 0.717) is 19.3 Å². The molecule has 1 aliphatic heterocycles. The van der Waals surface area contributed by atoms with Gasteiger partial charge in [-0.2, -0.15) is 0 Å². The average Bonchev–Trinajstić information content (AvgIpc) is 2.18. The molecule has 5 heteroatoms. The van der Waals surface area contributed by atoms with Gasteiger partial charge in [0.2, 0.25) is 6.04 Å². The van der Waals surface area contributed by atoms with Gasteiger partial charge in [-0.1, -0.05) is 0 Å². The lowest BCUT2D eigenvalue weighted by atomic mass is 9.80. The first kappa shape index (κ1) is 9.18. The number of hydrogen-bond acceptors (Lipinski definition) is 4. The van der Waals surface area contributed by atoms with Crippen molar-refractivity contribution in [2.75, 3.05) is 0 Å². The minimum absolute atomic E-state index is 0.0344. The quantitative estimate of drug-likeness (QED) is 0.463. The normalized spacial score (nSPS) is 36.0. The Morgan fingerprint density at radius 1 is 1.50 bits per heavy atom. The van der Waals surface area contributed by atoms with Crippen molar-refractivity contribution in [2.24, 2.45) is 5.92 Å². The van der Waals surface area contributed by atoms with Crippen molar-refractivity contribution >= 4 is 5.78 Å². The smallest absolute Gasteiger partial charge is 0.214 e. The molecule has 0 aromatic rings. The van der Waals surface area contributed by atoms with Crippen molar-refractivity contribution in [1.82, 2.24) is 0 Å². The van der Waals surface area contributed by atoms with Crippen LogP contribution in [0.5, 0.6) is 0 Å². The van der Waals surface area contributed by atoms with Crippen molar-refractivity contribution in [1.29, 1.82) is 0 Å². The molecule has 0 bridgehead atoms. The molecule has 76 valence electrons. The molecular weight excluding hydrogens is 186 g/mol. The maximum atomic E-state index is 11.4. The maximum Gasteiger partial charge on any atom is 0.214 e. The zero-order chi connectivity index (χ0) is 10.1. The second kappa shape index (κ2) is 3.40. The number of nitro groups is 1. The van der Waals surface area contributed by atoms with Crippen LogP contribution in [0.4, 0.5) is 0 Å². The highest BCUT2D eigenvalue weighted by Gasteiger charge is 2.41. The first-order chi connectivity index (χ1) is 6.68. The van der Waals surface area contributed by atoms with Gasteiger partial charge in [-0.15, -0.1) is 0 Å². The fourth-order valence-electron chi connectivity index (χ4n) is 2.11. The van der Waals surface area contributed by atoms with Gasteiger partial charge in [0.1, 0.15) is 6.10 Å². The van der Waals surface area contributed by atoms with E-state index in [1.54, 1.807) is 0 Å². The predicted molar refractivity (Wildman–Crippen MR) is 47.1 cm³/mol. The van der Waals surface area contributed by atoms with Gasteiger partial charge >= 0.3 is 0 Å². The highest BCUT2D eigenvalue weighted by molar-refractivity contribution is 5.92. The molecule has 1 aliphatic carbocycles. The van der Waals surface area contributed by atoms with E-state index in [1.807, 2.05) is 0 Å². The molecule has 1 saturated carbocycles. The van der Waals surface area contributed by atoms with Gasteiger partial charge in [0, 0.05) is 23.8 Å². The maximum absolute atomic E-state index is 11.4. The Bertz CT molecular complexity index is 299. The largest absolute Gasteiger partial charge is 0.497 e. The third-order valence-electron chi connectivity index (χ3n) is 2.91. The summed E-state index contributed by atoms with van der Waals surface area (Å²) >= 11 is 0. The van der Waals surface area contributed by atoms with Gasteiger partial charge < -0.3 is 4.74 Å². The summed E-state index contributed by atoms with van der Waals surface area (Å²) in [6.07, 6.45) is 4.06. The SMILES string of the molecule is O=C1C=COC2CCC([N+](=O)[O-])CC12. The van der Waals surface area contributed by atoms with E-state index >= 15 is 0 Å². The summed E-state index contributed by atoms with van der Waals surface area (Å²) in [4.78, 5) is 21.7. The zero-order valence-corrected chi connectivity index (χ0v) is 7.59. The topological polar surface area (TPSA) is 69.4 Å². The Hall–Kier alpha value is -1.39. The van der Waals surface area contributed by atoms with Crippen LogP contribution in [0.3, 0.4) is 0 Å². The highest BCUT2D eigenvalue weighted by Crippen LogP contribution is 2.31. The molecule has 2 rings (SSSR count). The van der Waals surface area contributed by atoms with Crippen LogP contribution in [0.15, 0.2) is 12.3 Å². The number of allylic oxidation sites excluding steroid dienone is 1. The monoisotopic (exact) mass is 197 g/mol. The molecule has 0 amide bonds. The first-order valence-corrected chi connectivity index (χ1v) is 4.68. The van der Waals surface area contributed by atoms with E-state index in [-0.39, 0.29) is 22.7 Å². The van der Waals surface area contributed by atoms with Gasteiger partial charge in [0.15, 0.2) is 5.78 Å². The molecule has 5 nitrogen and oxygen atoms in total. The molecule has 0 radical (unpaired) electrons. The van der Waals surface area contributed by atoms with Gasteiger partial charge in [-0.3, -0.25) is 14.9 Å². The number of carbonyl (C=O) groups is 1. The summed E-state index contributed by atoms with van der Waals surface area (Å²) < 4.78 is 5.26. The molecule has 0 aromatic heterocycles. The Kier molecular flexibility index (Phi) is 2.23. The number of ether oxygens (including phenoxy) is 1. The van der Waals surface area contributed by atoms with E-state index in [2.05, 4.69) is 0 Å². The lowest BCUT2D eigenvalue weighted by molar-refractivity contribution is -0.528. The third-order valence-corrected chi connectivity index (χ3v) is 2.91. The second-order valence-electron chi connectivity index (χ2n) is 3.74. The van der Waals surface area contributed by atoms with Crippen molar-refractivity contribution in [3.8, 4) is 0 Å². The summed E-state index contributed by atoms with van der Waals surface area (Å²) in [5.74, 6) is -0.336. The van der Waals surface area contributed by atoms with Crippen LogP contribution in [0, 0.1) is 16.0 Å².